The van der Waals surface area contributed by atoms with Crippen LogP contribution in [0.25, 0.3) is 0 Å². The number of carbonyl (C=O) groups excluding carboxylic acids is 1. The Morgan fingerprint density at radius 3 is 2.62 bits per heavy atom. The highest BCUT2D eigenvalue weighted by molar-refractivity contribution is 5.86. The van der Waals surface area contributed by atoms with E-state index in [9.17, 15) is 30.3 Å². The molecule has 8 heteroatoms. The summed E-state index contributed by atoms with van der Waals surface area (Å²) in [7, 11) is 0. The van der Waals surface area contributed by atoms with Crippen LogP contribution >= 0.6 is 0 Å². The molecule has 1 saturated heterocycles. The van der Waals surface area contributed by atoms with Gasteiger partial charge in [0.05, 0.1) is 18.8 Å². The minimum absolute atomic E-state index is 0.0817. The third-order valence-electron chi connectivity index (χ3n) is 9.57. The second-order valence-corrected chi connectivity index (χ2v) is 11.9. The van der Waals surface area contributed by atoms with Crippen LogP contribution in [0.5, 0.6) is 0 Å². The van der Waals surface area contributed by atoms with Crippen molar-refractivity contribution < 1.29 is 39.8 Å². The van der Waals surface area contributed by atoms with E-state index in [0.29, 0.717) is 30.5 Å². The van der Waals surface area contributed by atoms with Crippen LogP contribution in [0.2, 0.25) is 0 Å². The zero-order chi connectivity index (χ0) is 24.9. The number of aliphatic hydroxyl groups excluding tert-OH is 4. The number of ketones is 1. The van der Waals surface area contributed by atoms with Crippen molar-refractivity contribution in [2.45, 2.75) is 108 Å². The SMILES string of the molecule is C=C(CCCC1(C)C(=O)CCC23CC(CCC21)C(C)(O)C3)COC1OC(CO)C(O)C(O)C1O. The average Bonchev–Trinajstić information content (AvgIpc) is 2.98. The second-order valence-electron chi connectivity index (χ2n) is 11.9. The summed E-state index contributed by atoms with van der Waals surface area (Å²) in [4.78, 5) is 13.1. The van der Waals surface area contributed by atoms with Crippen LogP contribution < -0.4 is 0 Å². The number of hydrogen-bond acceptors (Lipinski definition) is 8. The first-order valence-electron chi connectivity index (χ1n) is 12.8. The second kappa shape index (κ2) is 9.54. The molecule has 34 heavy (non-hydrogen) atoms. The van der Waals surface area contributed by atoms with Crippen LogP contribution in [0.4, 0.5) is 0 Å². The maximum absolute atomic E-state index is 13.1. The van der Waals surface area contributed by atoms with E-state index in [2.05, 4.69) is 13.5 Å². The molecule has 8 nitrogen and oxygen atoms in total. The molecule has 0 radical (unpaired) electrons. The van der Waals surface area contributed by atoms with Crippen LogP contribution in [0.15, 0.2) is 12.2 Å². The number of rotatable bonds is 8. The summed E-state index contributed by atoms with van der Waals surface area (Å²) >= 11 is 0. The zero-order valence-corrected chi connectivity index (χ0v) is 20.5. The highest BCUT2D eigenvalue weighted by Gasteiger charge is 2.64. The van der Waals surface area contributed by atoms with Gasteiger partial charge in [-0.1, -0.05) is 19.1 Å². The largest absolute Gasteiger partial charge is 0.394 e. The number of aliphatic hydroxyl groups is 5. The van der Waals surface area contributed by atoms with Crippen molar-refractivity contribution in [2.75, 3.05) is 13.2 Å². The summed E-state index contributed by atoms with van der Waals surface area (Å²) in [5.41, 5.74) is -0.141. The van der Waals surface area contributed by atoms with E-state index in [-0.39, 0.29) is 17.4 Å². The summed E-state index contributed by atoms with van der Waals surface area (Å²) in [6.07, 6.45) is 1.03. The molecule has 0 aromatic carbocycles. The van der Waals surface area contributed by atoms with Crippen LogP contribution in [0, 0.1) is 22.7 Å². The third kappa shape index (κ3) is 4.51. The Morgan fingerprint density at radius 2 is 1.91 bits per heavy atom. The van der Waals surface area contributed by atoms with Crippen molar-refractivity contribution in [3.05, 3.63) is 12.2 Å². The molecule has 0 aromatic heterocycles. The first-order chi connectivity index (χ1) is 15.9. The number of Topliss-reactive ketones (excluding diaryl/α,β-unsaturated/α-hetero) is 1. The smallest absolute Gasteiger partial charge is 0.187 e. The number of fused-ring (bicyclic) bond motifs is 1. The van der Waals surface area contributed by atoms with Gasteiger partial charge in [-0.15, -0.1) is 0 Å². The normalized spacial score (nSPS) is 48.6. The van der Waals surface area contributed by atoms with E-state index in [0.717, 1.165) is 50.5 Å². The van der Waals surface area contributed by atoms with Crippen LogP contribution in [-0.4, -0.2) is 80.8 Å². The lowest BCUT2D eigenvalue weighted by Gasteiger charge is -2.53. The lowest BCUT2D eigenvalue weighted by Crippen LogP contribution is -2.59. The molecule has 10 atom stereocenters. The highest BCUT2D eigenvalue weighted by atomic mass is 16.7. The summed E-state index contributed by atoms with van der Waals surface area (Å²) in [6, 6.07) is 0. The molecule has 1 heterocycles. The standard InChI is InChI=1S/C26H42O8/c1-15(13-33-23-22(31)21(30)20(29)17(12-27)34-23)5-4-9-24(2)18-7-6-16-11-26(18,10-8-19(24)28)14-25(16,3)32/h16-18,20-23,27,29-32H,1,4-14H2,2-3H3. The molecule has 4 fully saturated rings. The summed E-state index contributed by atoms with van der Waals surface area (Å²) in [5, 5.41) is 50.1. The van der Waals surface area contributed by atoms with Crippen LogP contribution in [-0.2, 0) is 14.3 Å². The van der Waals surface area contributed by atoms with Gasteiger partial charge < -0.3 is 35.0 Å². The van der Waals surface area contributed by atoms with E-state index in [1.54, 1.807) is 0 Å². The van der Waals surface area contributed by atoms with Crippen LogP contribution in [0.1, 0.15) is 71.6 Å². The Morgan fingerprint density at radius 1 is 1.18 bits per heavy atom. The minimum atomic E-state index is -1.47. The molecule has 3 aliphatic carbocycles. The predicted octanol–water partition coefficient (Wildman–Crippen LogP) is 1.46. The van der Waals surface area contributed by atoms with Crippen molar-refractivity contribution in [1.82, 2.24) is 0 Å². The molecule has 5 N–H and O–H groups in total. The quantitative estimate of drug-likeness (QED) is 0.328. The van der Waals surface area contributed by atoms with Crippen molar-refractivity contribution in [3.8, 4) is 0 Å². The Balaban J connectivity index is 1.30. The summed E-state index contributed by atoms with van der Waals surface area (Å²) in [5.74, 6) is 1.00. The van der Waals surface area contributed by atoms with Gasteiger partial charge in [0.2, 0.25) is 0 Å². The van der Waals surface area contributed by atoms with Gasteiger partial charge in [-0.25, -0.2) is 0 Å². The molecule has 0 aromatic rings. The third-order valence-corrected chi connectivity index (χ3v) is 9.57. The van der Waals surface area contributed by atoms with E-state index in [1.165, 1.54) is 0 Å². The molecular weight excluding hydrogens is 440 g/mol. The topological polar surface area (TPSA) is 137 Å². The van der Waals surface area contributed by atoms with Gasteiger partial charge in [-0.3, -0.25) is 4.79 Å². The molecule has 1 spiro atoms. The van der Waals surface area contributed by atoms with Gasteiger partial charge in [0, 0.05) is 11.8 Å². The molecule has 2 bridgehead atoms. The molecular formula is C26H42O8. The van der Waals surface area contributed by atoms with Crippen molar-refractivity contribution in [2.24, 2.45) is 22.7 Å². The van der Waals surface area contributed by atoms with Gasteiger partial charge in [0.15, 0.2) is 6.29 Å². The fourth-order valence-corrected chi connectivity index (χ4v) is 7.69. The van der Waals surface area contributed by atoms with Gasteiger partial charge in [0.1, 0.15) is 30.2 Å². The lowest BCUT2D eigenvalue weighted by molar-refractivity contribution is -0.299. The molecule has 194 valence electrons. The van der Waals surface area contributed by atoms with E-state index < -0.39 is 42.9 Å². The first-order valence-corrected chi connectivity index (χ1v) is 12.8. The monoisotopic (exact) mass is 482 g/mol. The molecule has 0 amide bonds. The number of ether oxygens (including phenoxy) is 2. The van der Waals surface area contributed by atoms with Crippen molar-refractivity contribution in [3.63, 3.8) is 0 Å². The summed E-state index contributed by atoms with van der Waals surface area (Å²) in [6.45, 7) is 7.76. The van der Waals surface area contributed by atoms with E-state index in [4.69, 9.17) is 9.47 Å². The number of hydrogen-bond donors (Lipinski definition) is 5. The molecule has 4 aliphatic rings. The zero-order valence-electron chi connectivity index (χ0n) is 20.5. The minimum Gasteiger partial charge on any atom is -0.394 e. The molecule has 1 aliphatic heterocycles. The predicted molar refractivity (Wildman–Crippen MR) is 124 cm³/mol. The first kappa shape index (κ1) is 26.2. The van der Waals surface area contributed by atoms with Gasteiger partial charge in [0.25, 0.3) is 0 Å². The molecule has 3 saturated carbocycles. The van der Waals surface area contributed by atoms with Gasteiger partial charge in [-0.05, 0) is 75.5 Å². The fraction of sp³-hybridized carbons (Fsp3) is 0.885. The van der Waals surface area contributed by atoms with Gasteiger partial charge >= 0.3 is 0 Å². The van der Waals surface area contributed by atoms with Crippen LogP contribution in [0.3, 0.4) is 0 Å². The van der Waals surface area contributed by atoms with Crippen molar-refractivity contribution >= 4 is 5.78 Å². The maximum Gasteiger partial charge on any atom is 0.187 e. The Kier molecular flexibility index (Phi) is 7.35. The average molecular weight is 483 g/mol. The number of carbonyl (C=O) groups is 1. The fourth-order valence-electron chi connectivity index (χ4n) is 7.69. The molecule has 4 rings (SSSR count). The Labute approximate surface area is 202 Å². The summed E-state index contributed by atoms with van der Waals surface area (Å²) < 4.78 is 11.0. The van der Waals surface area contributed by atoms with E-state index in [1.807, 2.05) is 6.92 Å². The Bertz CT molecular complexity index is 781. The van der Waals surface area contributed by atoms with Gasteiger partial charge in [-0.2, -0.15) is 0 Å². The highest BCUT2D eigenvalue weighted by Crippen LogP contribution is 2.67. The maximum atomic E-state index is 13.1. The van der Waals surface area contributed by atoms with Crippen molar-refractivity contribution in [1.29, 1.82) is 0 Å². The lowest BCUT2D eigenvalue weighted by atomic mass is 9.49. The molecule has 10 unspecified atom stereocenters. The Hall–Kier alpha value is -0.870. The van der Waals surface area contributed by atoms with E-state index >= 15 is 0 Å².